The molecule has 5 N–H and O–H groups in total. The molecule has 0 aliphatic carbocycles. The van der Waals surface area contributed by atoms with Crippen LogP contribution in [0.25, 0.3) is 0 Å². The van der Waals surface area contributed by atoms with E-state index >= 15 is 0 Å². The molecule has 0 aromatic rings. The van der Waals surface area contributed by atoms with Crippen LogP contribution < -0.4 is 0 Å². The third kappa shape index (κ3) is 1.86. The lowest BCUT2D eigenvalue weighted by molar-refractivity contribution is -0.296. The molecule has 13 heavy (non-hydrogen) atoms. The van der Waals surface area contributed by atoms with E-state index in [1.54, 1.807) is 0 Å². The molecule has 0 radical (unpaired) electrons. The van der Waals surface area contributed by atoms with E-state index < -0.39 is 35.7 Å². The Hall–Kier alpha value is 0.240. The van der Waals surface area contributed by atoms with E-state index in [2.05, 4.69) is 20.7 Å². The van der Waals surface area contributed by atoms with Gasteiger partial charge in [0, 0.05) is 0 Å². The molecular formula is C6H11BrO6. The van der Waals surface area contributed by atoms with Crippen molar-refractivity contribution >= 4 is 15.9 Å². The van der Waals surface area contributed by atoms with Crippen molar-refractivity contribution in [1.29, 1.82) is 0 Å². The number of aliphatic hydroxyl groups is 5. The van der Waals surface area contributed by atoms with Crippen LogP contribution in [-0.4, -0.2) is 61.3 Å². The van der Waals surface area contributed by atoms with E-state index in [1.165, 1.54) is 0 Å². The van der Waals surface area contributed by atoms with E-state index in [0.29, 0.717) is 0 Å². The number of hydrogen-bond donors (Lipinski definition) is 5. The quantitative estimate of drug-likeness (QED) is 0.333. The lowest BCUT2D eigenvalue weighted by atomic mass is 9.99. The first kappa shape index (κ1) is 11.3. The van der Waals surface area contributed by atoms with Crippen molar-refractivity contribution in [3.63, 3.8) is 0 Å². The van der Waals surface area contributed by atoms with E-state index in [1.807, 2.05) is 0 Å². The topological polar surface area (TPSA) is 110 Å². The zero-order chi connectivity index (χ0) is 10.2. The van der Waals surface area contributed by atoms with E-state index in [9.17, 15) is 10.2 Å². The minimum Gasteiger partial charge on any atom is -0.392 e. The molecule has 78 valence electrons. The van der Waals surface area contributed by atoms with Gasteiger partial charge in [-0.2, -0.15) is 0 Å². The lowest BCUT2D eigenvalue weighted by Crippen LogP contribution is -2.63. The summed E-state index contributed by atoms with van der Waals surface area (Å²) in [6, 6.07) is 0. The summed E-state index contributed by atoms with van der Waals surface area (Å²) in [7, 11) is 0. The van der Waals surface area contributed by atoms with E-state index in [-0.39, 0.29) is 0 Å². The van der Waals surface area contributed by atoms with Crippen molar-refractivity contribution in [2.24, 2.45) is 0 Å². The summed E-state index contributed by atoms with van der Waals surface area (Å²) in [4.78, 5) is 0. The summed E-state index contributed by atoms with van der Waals surface area (Å²) in [5.74, 6) is 0. The van der Waals surface area contributed by atoms with Gasteiger partial charge in [-0.15, -0.1) is 0 Å². The van der Waals surface area contributed by atoms with Crippen molar-refractivity contribution in [1.82, 2.24) is 0 Å². The van der Waals surface area contributed by atoms with Crippen LogP contribution in [0.4, 0.5) is 0 Å². The minimum atomic E-state index is -1.65. The number of halogens is 1. The molecular weight excluding hydrogens is 248 g/mol. The molecule has 1 fully saturated rings. The van der Waals surface area contributed by atoms with Crippen LogP contribution in [0.5, 0.6) is 0 Å². The monoisotopic (exact) mass is 258 g/mol. The highest BCUT2D eigenvalue weighted by Gasteiger charge is 2.51. The van der Waals surface area contributed by atoms with Gasteiger partial charge >= 0.3 is 0 Å². The minimum absolute atomic E-state index is 0.644. The van der Waals surface area contributed by atoms with E-state index in [0.717, 1.165) is 0 Å². The molecule has 7 heteroatoms. The maximum atomic E-state index is 9.33. The van der Waals surface area contributed by atoms with Crippen LogP contribution in [0.3, 0.4) is 0 Å². The van der Waals surface area contributed by atoms with Gasteiger partial charge in [-0.05, 0) is 15.9 Å². The van der Waals surface area contributed by atoms with Gasteiger partial charge in [-0.3, -0.25) is 0 Å². The predicted octanol–water partition coefficient (Wildman–Crippen LogP) is -2.50. The Bertz CT molecular complexity index is 190. The molecule has 1 rings (SSSR count). The molecule has 1 aliphatic rings. The third-order valence-electron chi connectivity index (χ3n) is 1.94. The average molecular weight is 259 g/mol. The molecule has 5 atom stereocenters. The maximum absolute atomic E-state index is 9.33. The Morgan fingerprint density at radius 2 is 1.69 bits per heavy atom. The van der Waals surface area contributed by atoms with Crippen LogP contribution in [0.2, 0.25) is 0 Å². The molecule has 0 unspecified atom stereocenters. The number of ether oxygens (including phenoxy) is 1. The van der Waals surface area contributed by atoms with Crippen LogP contribution in [0.1, 0.15) is 0 Å². The van der Waals surface area contributed by atoms with Crippen molar-refractivity contribution in [3.05, 3.63) is 0 Å². The fourth-order valence-electron chi connectivity index (χ4n) is 1.08. The Morgan fingerprint density at radius 3 is 2.15 bits per heavy atom. The molecule has 0 spiro atoms. The van der Waals surface area contributed by atoms with Gasteiger partial charge in [0.15, 0.2) is 10.8 Å². The summed E-state index contributed by atoms with van der Waals surface area (Å²) >= 11 is 2.82. The molecule has 1 aliphatic heterocycles. The standard InChI is InChI=1S/C6H11BrO6/c7-6(1-8)4(11)2(9)3(10)5(12)13-6/h2-5,8-12H,1H2/t2-,3-,4-,5-,6-/m1/s1. The summed E-state index contributed by atoms with van der Waals surface area (Å²) < 4.78 is 3.05. The molecule has 1 saturated heterocycles. The van der Waals surface area contributed by atoms with Crippen molar-refractivity contribution in [2.75, 3.05) is 6.61 Å². The molecule has 0 aromatic carbocycles. The van der Waals surface area contributed by atoms with Crippen LogP contribution in [0, 0.1) is 0 Å². The number of rotatable bonds is 1. The second kappa shape index (κ2) is 3.77. The highest BCUT2D eigenvalue weighted by Crippen LogP contribution is 2.33. The molecule has 0 bridgehead atoms. The summed E-state index contributed by atoms with van der Waals surface area (Å²) in [6.07, 6.45) is -6.33. The Morgan fingerprint density at radius 1 is 1.15 bits per heavy atom. The Labute approximate surface area is 82.5 Å². The van der Waals surface area contributed by atoms with E-state index in [4.69, 9.17) is 15.3 Å². The molecule has 0 saturated carbocycles. The van der Waals surface area contributed by atoms with Crippen LogP contribution in [-0.2, 0) is 4.74 Å². The van der Waals surface area contributed by atoms with Crippen molar-refractivity contribution in [3.8, 4) is 0 Å². The smallest absolute Gasteiger partial charge is 0.185 e. The summed E-state index contributed by atoms with van der Waals surface area (Å²) in [5, 5.41) is 45.4. The largest absolute Gasteiger partial charge is 0.392 e. The van der Waals surface area contributed by atoms with Gasteiger partial charge in [-0.25, -0.2) is 0 Å². The van der Waals surface area contributed by atoms with Gasteiger partial charge in [0.2, 0.25) is 0 Å². The average Bonchev–Trinajstić information content (AvgIpc) is 2.12. The van der Waals surface area contributed by atoms with Crippen molar-refractivity contribution in [2.45, 2.75) is 29.1 Å². The number of hydrogen-bond acceptors (Lipinski definition) is 6. The fourth-order valence-corrected chi connectivity index (χ4v) is 1.54. The van der Waals surface area contributed by atoms with Gasteiger partial charge < -0.3 is 30.3 Å². The highest BCUT2D eigenvalue weighted by molar-refractivity contribution is 9.10. The normalized spacial score (nSPS) is 52.2. The SMILES string of the molecule is OC[C@@]1(Br)O[C@@H](O)[C@H](O)[C@@H](O)[C@H]1O. The first-order valence-corrected chi connectivity index (χ1v) is 4.41. The summed E-state index contributed by atoms with van der Waals surface area (Å²) in [6.45, 7) is -0.644. The van der Waals surface area contributed by atoms with Crippen LogP contribution in [0.15, 0.2) is 0 Å². The zero-order valence-electron chi connectivity index (χ0n) is 6.54. The molecule has 0 aromatic heterocycles. The number of aliphatic hydroxyl groups excluding tert-OH is 5. The lowest BCUT2D eigenvalue weighted by Gasteiger charge is -2.42. The van der Waals surface area contributed by atoms with Gasteiger partial charge in [-0.1, -0.05) is 0 Å². The maximum Gasteiger partial charge on any atom is 0.185 e. The second-order valence-electron chi connectivity index (χ2n) is 2.88. The first-order valence-electron chi connectivity index (χ1n) is 3.62. The Balaban J connectivity index is 2.82. The zero-order valence-corrected chi connectivity index (χ0v) is 8.12. The van der Waals surface area contributed by atoms with Gasteiger partial charge in [0.25, 0.3) is 0 Å². The molecule has 6 nitrogen and oxygen atoms in total. The second-order valence-corrected chi connectivity index (χ2v) is 4.22. The fraction of sp³-hybridized carbons (Fsp3) is 1.00. The molecule has 1 heterocycles. The highest BCUT2D eigenvalue weighted by atomic mass is 79.9. The first-order chi connectivity index (χ1) is 5.92. The van der Waals surface area contributed by atoms with Crippen LogP contribution >= 0.6 is 15.9 Å². The van der Waals surface area contributed by atoms with Gasteiger partial charge in [0.1, 0.15) is 18.3 Å². The third-order valence-corrected chi connectivity index (χ3v) is 2.85. The summed E-state index contributed by atoms with van der Waals surface area (Å²) in [5.41, 5.74) is 0. The van der Waals surface area contributed by atoms with Gasteiger partial charge in [0.05, 0.1) is 6.61 Å². The predicted molar refractivity (Wildman–Crippen MR) is 43.9 cm³/mol. The Kier molecular flexibility index (Phi) is 3.29. The van der Waals surface area contributed by atoms with Crippen molar-refractivity contribution < 1.29 is 30.3 Å². The molecule has 0 amide bonds. The number of alkyl halides is 1.